The summed E-state index contributed by atoms with van der Waals surface area (Å²) in [4.78, 5) is 9.79. The Labute approximate surface area is 382 Å². The summed E-state index contributed by atoms with van der Waals surface area (Å²) < 4.78 is 39.6. The van der Waals surface area contributed by atoms with E-state index in [4.69, 9.17) is 14.9 Å². The van der Waals surface area contributed by atoms with Gasteiger partial charge in [0, 0.05) is 42.9 Å². The van der Waals surface area contributed by atoms with Gasteiger partial charge in [0.1, 0.15) is 5.58 Å². The summed E-state index contributed by atoms with van der Waals surface area (Å²) in [6, 6.07) is 49.5. The van der Waals surface area contributed by atoms with Crippen LogP contribution in [0.15, 0.2) is 138 Å². The van der Waals surface area contributed by atoms with Crippen LogP contribution < -0.4 is 5.19 Å². The first-order valence-corrected chi connectivity index (χ1v) is 24.4. The van der Waals surface area contributed by atoms with Gasteiger partial charge in [-0.2, -0.15) is 0 Å². The van der Waals surface area contributed by atoms with E-state index in [0.717, 1.165) is 61.2 Å². The van der Waals surface area contributed by atoms with E-state index in [1.165, 1.54) is 39.2 Å². The molecule has 3 heterocycles. The van der Waals surface area contributed by atoms with Crippen LogP contribution in [0.3, 0.4) is 0 Å². The van der Waals surface area contributed by atoms with Crippen LogP contribution in [0.25, 0.3) is 72.4 Å². The maximum absolute atomic E-state index is 8.48. The second-order valence-corrected chi connectivity index (χ2v) is 22.5. The van der Waals surface area contributed by atoms with Gasteiger partial charge >= 0.3 is 0 Å². The van der Waals surface area contributed by atoms with Crippen molar-refractivity contribution in [1.82, 2.24) is 14.5 Å². The van der Waals surface area contributed by atoms with Crippen LogP contribution in [-0.4, -0.2) is 22.6 Å². The molecule has 0 N–H and O–H groups in total. The minimum atomic E-state index is -2.13. The number of aromatic nitrogens is 3. The number of para-hydroxylation sites is 3. The van der Waals surface area contributed by atoms with Crippen molar-refractivity contribution in [2.75, 3.05) is 0 Å². The summed E-state index contributed by atoms with van der Waals surface area (Å²) in [7, 11) is -1.61. The molecule has 0 spiro atoms. The molecule has 4 nitrogen and oxygen atoms in total. The first kappa shape index (κ1) is 38.5. The zero-order chi connectivity index (χ0) is 45.7. The molecule has 61 heavy (non-hydrogen) atoms. The van der Waals surface area contributed by atoms with Gasteiger partial charge in [-0.15, -0.1) is 53.6 Å². The van der Waals surface area contributed by atoms with E-state index < -0.39 is 20.8 Å². The SMILES string of the molecule is CC(C)c1cc(-c2ccccc2)cc(C(C)C)c1-n1c(-c2[c-]ccc3c2oc2ccccc23)nc2ccccc21.[2H]C([2H])([2H])c1c[c-]c(-c2cc(C([2H])(C)C)c([Si](C)(C)C)cn2)cc1.[Ir]. The molecular formula is C55H55IrN3OSi-2. The van der Waals surface area contributed by atoms with Gasteiger partial charge in [0.25, 0.3) is 0 Å². The van der Waals surface area contributed by atoms with Crippen molar-refractivity contribution < 1.29 is 30.0 Å². The van der Waals surface area contributed by atoms with Crippen molar-refractivity contribution >= 4 is 46.2 Å². The summed E-state index contributed by atoms with van der Waals surface area (Å²) >= 11 is 0. The summed E-state index contributed by atoms with van der Waals surface area (Å²) in [6.07, 6.45) is 1.89. The molecule has 9 aromatic rings. The number of hydrogen-bond acceptors (Lipinski definition) is 3. The Bertz CT molecular complexity index is 3090. The number of aryl methyl sites for hydroxylation is 1. The molecule has 0 unspecified atom stereocenters. The molecule has 0 saturated carbocycles. The minimum absolute atomic E-state index is 0. The van der Waals surface area contributed by atoms with Gasteiger partial charge in [-0.1, -0.05) is 151 Å². The molecule has 0 amide bonds. The Balaban J connectivity index is 0.000000217. The van der Waals surface area contributed by atoms with Crippen molar-refractivity contribution in [3.63, 3.8) is 0 Å². The zero-order valence-corrected chi connectivity index (χ0v) is 39.8. The van der Waals surface area contributed by atoms with Gasteiger partial charge in [-0.25, -0.2) is 0 Å². The molecule has 0 bridgehead atoms. The third-order valence-electron chi connectivity index (χ3n) is 11.2. The molecule has 0 atom stereocenters. The quantitative estimate of drug-likeness (QED) is 0.113. The van der Waals surface area contributed by atoms with Gasteiger partial charge < -0.3 is 14.0 Å². The zero-order valence-electron chi connectivity index (χ0n) is 40.4. The predicted molar refractivity (Wildman–Crippen MR) is 257 cm³/mol. The van der Waals surface area contributed by atoms with E-state index in [1.54, 1.807) is 12.1 Å². The molecule has 6 heteroatoms. The van der Waals surface area contributed by atoms with Crippen LogP contribution in [0.2, 0.25) is 19.6 Å². The number of hydrogen-bond donors (Lipinski definition) is 0. The first-order valence-electron chi connectivity index (χ1n) is 22.9. The van der Waals surface area contributed by atoms with Gasteiger partial charge in [0.2, 0.25) is 0 Å². The maximum Gasteiger partial charge on any atom is 0.120 e. The van der Waals surface area contributed by atoms with Crippen LogP contribution in [0, 0.1) is 19.0 Å². The van der Waals surface area contributed by atoms with E-state index in [0.29, 0.717) is 11.8 Å². The normalized spacial score (nSPS) is 13.1. The third kappa shape index (κ3) is 8.72. The second kappa shape index (κ2) is 17.9. The molecule has 0 aliphatic rings. The van der Waals surface area contributed by atoms with Crippen molar-refractivity contribution in [2.45, 2.75) is 85.8 Å². The Hall–Kier alpha value is -5.39. The smallest absolute Gasteiger partial charge is 0.120 e. The molecule has 3 aromatic heterocycles. The summed E-state index contributed by atoms with van der Waals surface area (Å²) in [5, 5.41) is 3.37. The largest absolute Gasteiger partial charge is 0.501 e. The third-order valence-corrected chi connectivity index (χ3v) is 13.2. The maximum atomic E-state index is 8.48. The fourth-order valence-electron chi connectivity index (χ4n) is 8.09. The van der Waals surface area contributed by atoms with Gasteiger partial charge in [-0.05, 0) is 81.2 Å². The monoisotopic (exact) mass is 998 g/mol. The van der Waals surface area contributed by atoms with Crippen LogP contribution >= 0.6 is 0 Å². The summed E-state index contributed by atoms with van der Waals surface area (Å²) in [6.45, 7) is 17.5. The van der Waals surface area contributed by atoms with E-state index in [2.05, 4.69) is 154 Å². The molecular weight excluding hydrogens is 939 g/mol. The molecule has 0 saturated heterocycles. The molecule has 0 aliphatic heterocycles. The van der Waals surface area contributed by atoms with E-state index in [1.807, 2.05) is 44.3 Å². The van der Waals surface area contributed by atoms with Gasteiger partial charge in [-0.3, -0.25) is 4.98 Å². The number of furan rings is 1. The number of benzene rings is 6. The number of rotatable bonds is 8. The molecule has 6 aromatic carbocycles. The van der Waals surface area contributed by atoms with E-state index in [-0.39, 0.29) is 25.7 Å². The van der Waals surface area contributed by atoms with Crippen molar-refractivity contribution in [1.29, 1.82) is 0 Å². The first-order chi connectivity index (χ1) is 30.3. The van der Waals surface area contributed by atoms with E-state index >= 15 is 0 Å². The van der Waals surface area contributed by atoms with Gasteiger partial charge in [0.15, 0.2) is 0 Å². The van der Waals surface area contributed by atoms with Gasteiger partial charge in [0.05, 0.1) is 30.5 Å². The predicted octanol–water partition coefficient (Wildman–Crippen LogP) is 14.8. The molecule has 9 rings (SSSR count). The number of fused-ring (bicyclic) bond motifs is 4. The fraction of sp³-hybridized carbons (Fsp3) is 0.236. The Morgan fingerprint density at radius 1 is 0.721 bits per heavy atom. The minimum Gasteiger partial charge on any atom is -0.501 e. The molecule has 0 aliphatic carbocycles. The molecule has 1 radical (unpaired) electrons. The average molecular weight is 998 g/mol. The molecule has 311 valence electrons. The standard InChI is InChI=1S/C37H31N2O.C18H24NSi.Ir/c1-23(2)30-21-26(25-13-6-5-7-14-25)22-31(24(3)4)35(30)39-33-19-10-9-18-32(33)38-37(39)29-17-12-16-28-27-15-8-11-20-34(27)40-36(28)29;1-13(2)16-11-17(15-9-7-14(3)8-10-15)19-12-18(16)20(4,5)6;/h5-16,18-24H,1-4H3;7-9,11-13H,1-6H3;/q2*-1;/i;3D3,13D;. The summed E-state index contributed by atoms with van der Waals surface area (Å²) in [5.74, 6) is 0.737. The number of imidazole rings is 1. The number of pyridine rings is 1. The van der Waals surface area contributed by atoms with Crippen molar-refractivity contribution in [3.05, 3.63) is 168 Å². The van der Waals surface area contributed by atoms with Crippen LogP contribution in [0.4, 0.5) is 0 Å². The van der Waals surface area contributed by atoms with Crippen LogP contribution in [-0.2, 0) is 20.1 Å². The Morgan fingerprint density at radius 2 is 1.41 bits per heavy atom. The Kier molecular flexibility index (Phi) is 11.3. The van der Waals surface area contributed by atoms with Crippen LogP contribution in [0.5, 0.6) is 0 Å². The molecule has 0 fully saturated rings. The van der Waals surface area contributed by atoms with Crippen molar-refractivity contribution in [3.8, 4) is 39.5 Å². The average Bonchev–Trinajstić information content (AvgIpc) is 3.84. The second-order valence-electron chi connectivity index (χ2n) is 17.5. The Morgan fingerprint density at radius 3 is 2.07 bits per heavy atom. The van der Waals surface area contributed by atoms with Crippen molar-refractivity contribution in [2.24, 2.45) is 0 Å². The topological polar surface area (TPSA) is 43.9 Å². The summed E-state index contributed by atoms with van der Waals surface area (Å²) in [5.41, 5.74) is 13.6. The van der Waals surface area contributed by atoms with Crippen LogP contribution in [0.1, 0.15) is 87.0 Å². The number of nitrogens with zero attached hydrogens (tertiary/aromatic N) is 3. The van der Waals surface area contributed by atoms with E-state index in [9.17, 15) is 0 Å². The fourth-order valence-corrected chi connectivity index (χ4v) is 9.67.